The van der Waals surface area contributed by atoms with Crippen molar-refractivity contribution in [3.63, 3.8) is 0 Å². The second-order valence-electron chi connectivity index (χ2n) is 3.58. The maximum Gasteiger partial charge on any atom is 0.309 e. The van der Waals surface area contributed by atoms with Crippen LogP contribution in [0.25, 0.3) is 0 Å². The molecular formula is C10H10FN3O3S. The Kier molecular flexibility index (Phi) is 2.95. The molecule has 0 amide bonds. The maximum absolute atomic E-state index is 12.8. The number of nitrogens with one attached hydrogen (secondary N) is 1. The Balaban J connectivity index is 2.36. The zero-order valence-corrected chi connectivity index (χ0v) is 10.2. The van der Waals surface area contributed by atoms with Crippen molar-refractivity contribution < 1.29 is 17.2 Å². The van der Waals surface area contributed by atoms with E-state index in [1.165, 1.54) is 6.26 Å². The largest absolute Gasteiger partial charge is 0.431 e. The quantitative estimate of drug-likeness (QED) is 0.824. The van der Waals surface area contributed by atoms with Crippen LogP contribution in [0.2, 0.25) is 0 Å². The van der Waals surface area contributed by atoms with E-state index in [2.05, 4.69) is 9.71 Å². The maximum atomic E-state index is 12.8. The van der Waals surface area contributed by atoms with Gasteiger partial charge in [-0.25, -0.2) is 17.5 Å². The lowest BCUT2D eigenvalue weighted by Gasteiger charge is -2.07. The van der Waals surface area contributed by atoms with Gasteiger partial charge in [-0.1, -0.05) is 0 Å². The summed E-state index contributed by atoms with van der Waals surface area (Å²) < 4.78 is 43.7. The lowest BCUT2D eigenvalue weighted by atomic mass is 10.3. The average Bonchev–Trinajstić information content (AvgIpc) is 2.62. The van der Waals surface area contributed by atoms with E-state index < -0.39 is 15.8 Å². The van der Waals surface area contributed by atoms with Gasteiger partial charge in [-0.2, -0.15) is 4.98 Å². The Labute approximate surface area is 103 Å². The number of benzene rings is 1. The second kappa shape index (κ2) is 4.30. The van der Waals surface area contributed by atoms with Crippen LogP contribution in [0.3, 0.4) is 0 Å². The number of nitrogens with two attached hydrogens (primary N) is 1. The molecular weight excluding hydrogens is 261 g/mol. The van der Waals surface area contributed by atoms with E-state index in [1.54, 1.807) is 6.92 Å². The molecule has 6 nitrogen and oxygen atoms in total. The summed E-state index contributed by atoms with van der Waals surface area (Å²) in [4.78, 5) is 3.56. The summed E-state index contributed by atoms with van der Waals surface area (Å²) in [5.41, 5.74) is 5.79. The standard InChI is InChI=1S/C10H10FN3O3S/c1-6-5-17-10(13-6)14-18(15,16)9-3-2-7(11)4-8(9)12/h2-5H,12H2,1H3,(H,13,14). The molecule has 0 atom stereocenters. The van der Waals surface area contributed by atoms with Crippen LogP contribution in [0.15, 0.2) is 33.8 Å². The number of hydrogen-bond donors (Lipinski definition) is 2. The van der Waals surface area contributed by atoms with Gasteiger partial charge in [-0.3, -0.25) is 0 Å². The van der Waals surface area contributed by atoms with E-state index in [-0.39, 0.29) is 16.6 Å². The number of halogens is 1. The molecule has 3 N–H and O–H groups in total. The van der Waals surface area contributed by atoms with Gasteiger partial charge in [0.15, 0.2) is 0 Å². The van der Waals surface area contributed by atoms with Crippen molar-refractivity contribution in [2.75, 3.05) is 10.5 Å². The number of anilines is 2. The topological polar surface area (TPSA) is 98.2 Å². The van der Waals surface area contributed by atoms with Crippen molar-refractivity contribution >= 4 is 21.7 Å². The zero-order chi connectivity index (χ0) is 13.3. The number of hydrogen-bond acceptors (Lipinski definition) is 5. The highest BCUT2D eigenvalue weighted by Gasteiger charge is 2.20. The molecule has 0 fully saturated rings. The summed E-state index contributed by atoms with van der Waals surface area (Å²) in [6, 6.07) is 2.83. The third-order valence-corrected chi connectivity index (χ3v) is 3.50. The fraction of sp³-hybridized carbons (Fsp3) is 0.100. The van der Waals surface area contributed by atoms with E-state index in [4.69, 9.17) is 10.2 Å². The molecule has 0 saturated heterocycles. The molecule has 18 heavy (non-hydrogen) atoms. The Morgan fingerprint density at radius 3 is 2.72 bits per heavy atom. The molecule has 0 aliphatic heterocycles. The molecule has 2 rings (SSSR count). The number of aryl methyl sites for hydroxylation is 1. The van der Waals surface area contributed by atoms with E-state index >= 15 is 0 Å². The summed E-state index contributed by atoms with van der Waals surface area (Å²) >= 11 is 0. The Morgan fingerprint density at radius 2 is 2.17 bits per heavy atom. The van der Waals surface area contributed by atoms with Crippen LogP contribution >= 0.6 is 0 Å². The van der Waals surface area contributed by atoms with Crippen molar-refractivity contribution in [2.45, 2.75) is 11.8 Å². The van der Waals surface area contributed by atoms with Crippen molar-refractivity contribution in [3.05, 3.63) is 36.0 Å². The second-order valence-corrected chi connectivity index (χ2v) is 5.23. The van der Waals surface area contributed by atoms with Gasteiger partial charge >= 0.3 is 6.01 Å². The van der Waals surface area contributed by atoms with Crippen LogP contribution in [-0.2, 0) is 10.0 Å². The fourth-order valence-electron chi connectivity index (χ4n) is 1.33. The molecule has 8 heteroatoms. The molecule has 96 valence electrons. The van der Waals surface area contributed by atoms with Gasteiger partial charge in [0.05, 0.1) is 11.4 Å². The minimum Gasteiger partial charge on any atom is -0.431 e. The summed E-state index contributed by atoms with van der Waals surface area (Å²) in [6.07, 6.45) is 1.30. The van der Waals surface area contributed by atoms with Crippen LogP contribution in [-0.4, -0.2) is 13.4 Å². The lowest BCUT2D eigenvalue weighted by molar-refractivity contribution is 0.569. The fourth-order valence-corrected chi connectivity index (χ4v) is 2.38. The number of nitrogens with zero attached hydrogens (tertiary/aromatic N) is 1. The zero-order valence-electron chi connectivity index (χ0n) is 9.34. The van der Waals surface area contributed by atoms with Gasteiger partial charge < -0.3 is 10.2 Å². The summed E-state index contributed by atoms with van der Waals surface area (Å²) in [6.45, 7) is 1.65. The SMILES string of the molecule is Cc1coc(NS(=O)(=O)c2ccc(F)cc2N)n1. The normalized spacial score (nSPS) is 11.4. The molecule has 0 radical (unpaired) electrons. The molecule has 1 aromatic carbocycles. The molecule has 0 saturated carbocycles. The molecule has 0 spiro atoms. The van der Waals surface area contributed by atoms with Gasteiger partial charge in [0.2, 0.25) is 0 Å². The molecule has 2 aromatic rings. The van der Waals surface area contributed by atoms with Gasteiger partial charge in [0.1, 0.15) is 17.0 Å². The van der Waals surface area contributed by atoms with Crippen molar-refractivity contribution in [1.29, 1.82) is 0 Å². The summed E-state index contributed by atoms with van der Waals surface area (Å²) in [5.74, 6) is -0.613. The monoisotopic (exact) mass is 271 g/mol. The minimum atomic E-state index is -3.95. The van der Waals surface area contributed by atoms with Gasteiger partial charge in [-0.15, -0.1) is 0 Å². The van der Waals surface area contributed by atoms with E-state index in [0.29, 0.717) is 5.69 Å². The third kappa shape index (κ3) is 2.43. The minimum absolute atomic E-state index is 0.170. The molecule has 0 unspecified atom stereocenters. The first-order valence-electron chi connectivity index (χ1n) is 4.88. The van der Waals surface area contributed by atoms with Crippen LogP contribution < -0.4 is 10.5 Å². The van der Waals surface area contributed by atoms with E-state index in [9.17, 15) is 12.8 Å². The first-order chi connectivity index (χ1) is 8.38. The number of sulfonamides is 1. The molecule has 0 aliphatic rings. The van der Waals surface area contributed by atoms with Gasteiger partial charge in [0.25, 0.3) is 10.0 Å². The molecule has 0 bridgehead atoms. The predicted octanol–water partition coefficient (Wildman–Crippen LogP) is 1.51. The Hall–Kier alpha value is -2.09. The molecule has 1 aromatic heterocycles. The first-order valence-corrected chi connectivity index (χ1v) is 6.37. The number of nitrogen functional groups attached to an aromatic ring is 1. The lowest BCUT2D eigenvalue weighted by Crippen LogP contribution is -2.15. The number of rotatable bonds is 3. The Morgan fingerprint density at radius 1 is 1.44 bits per heavy atom. The number of oxazole rings is 1. The Bertz CT molecular complexity index is 681. The van der Waals surface area contributed by atoms with E-state index in [1.807, 2.05) is 0 Å². The first kappa shape index (κ1) is 12.4. The van der Waals surface area contributed by atoms with Crippen LogP contribution in [0, 0.1) is 12.7 Å². The van der Waals surface area contributed by atoms with Crippen molar-refractivity contribution in [3.8, 4) is 0 Å². The summed E-state index contributed by atoms with van der Waals surface area (Å²) in [5, 5.41) is 0. The van der Waals surface area contributed by atoms with Crippen LogP contribution in [0.4, 0.5) is 16.1 Å². The third-order valence-electron chi connectivity index (χ3n) is 2.10. The molecule has 0 aliphatic carbocycles. The van der Waals surface area contributed by atoms with Crippen molar-refractivity contribution in [2.24, 2.45) is 0 Å². The van der Waals surface area contributed by atoms with Crippen LogP contribution in [0.1, 0.15) is 5.69 Å². The van der Waals surface area contributed by atoms with Gasteiger partial charge in [-0.05, 0) is 25.1 Å². The smallest absolute Gasteiger partial charge is 0.309 e. The van der Waals surface area contributed by atoms with Crippen LogP contribution in [0.5, 0.6) is 0 Å². The average molecular weight is 271 g/mol. The van der Waals surface area contributed by atoms with Gasteiger partial charge in [0, 0.05) is 0 Å². The highest BCUT2D eigenvalue weighted by molar-refractivity contribution is 7.92. The van der Waals surface area contributed by atoms with E-state index in [0.717, 1.165) is 18.2 Å². The van der Waals surface area contributed by atoms with Crippen molar-refractivity contribution in [1.82, 2.24) is 4.98 Å². The summed E-state index contributed by atoms with van der Waals surface area (Å²) in [7, 11) is -3.95. The highest BCUT2D eigenvalue weighted by Crippen LogP contribution is 2.21. The highest BCUT2D eigenvalue weighted by atomic mass is 32.2. The predicted molar refractivity (Wildman–Crippen MR) is 62.9 cm³/mol. The number of aromatic nitrogens is 1. The molecule has 1 heterocycles.